The molecule has 1 heterocycles. The molecule has 0 radical (unpaired) electrons. The summed E-state index contributed by atoms with van der Waals surface area (Å²) in [6, 6.07) is 0. The summed E-state index contributed by atoms with van der Waals surface area (Å²) < 4.78 is 0. The zero-order valence-corrected chi connectivity index (χ0v) is 10.1. The van der Waals surface area contributed by atoms with Crippen molar-refractivity contribution >= 4 is 11.3 Å². The quantitative estimate of drug-likeness (QED) is 0.854. The Hall–Kier alpha value is -0.410. The molecule has 0 bridgehead atoms. The summed E-state index contributed by atoms with van der Waals surface area (Å²) in [6.45, 7) is 2.20. The van der Waals surface area contributed by atoms with Crippen LogP contribution in [0.2, 0.25) is 0 Å². The second-order valence-corrected chi connectivity index (χ2v) is 5.55. The Balaban J connectivity index is 2.02. The molecule has 0 saturated heterocycles. The number of rotatable bonds is 4. The fraction of sp³-hybridized carbons (Fsp3) is 0.750. The maximum Gasteiger partial charge on any atom is 0.0950 e. The molecule has 1 aliphatic carbocycles. The molecule has 15 heavy (non-hydrogen) atoms. The predicted octanol–water partition coefficient (Wildman–Crippen LogP) is 3.02. The van der Waals surface area contributed by atoms with Gasteiger partial charge >= 0.3 is 0 Å². The molecule has 1 fully saturated rings. The monoisotopic (exact) mass is 225 g/mol. The van der Waals surface area contributed by atoms with Crippen LogP contribution in [0, 0.1) is 5.41 Å². The standard InChI is InChI=1S/C12H19NOS/c1-2-12(5-3-4-6-12)10(14)9-11-13-7-8-15-11/h7-8,10,14H,2-6,9H2,1H3. The number of aromatic nitrogens is 1. The van der Waals surface area contributed by atoms with Gasteiger partial charge in [-0.15, -0.1) is 11.3 Å². The Bertz CT molecular complexity index is 291. The smallest absolute Gasteiger partial charge is 0.0950 e. The second-order valence-electron chi connectivity index (χ2n) is 4.57. The van der Waals surface area contributed by atoms with Crippen LogP contribution in [0.4, 0.5) is 0 Å². The van der Waals surface area contributed by atoms with Crippen molar-refractivity contribution in [3.05, 3.63) is 16.6 Å². The largest absolute Gasteiger partial charge is 0.392 e. The van der Waals surface area contributed by atoms with Crippen LogP contribution in [-0.4, -0.2) is 16.2 Å². The van der Waals surface area contributed by atoms with E-state index in [2.05, 4.69) is 11.9 Å². The number of aliphatic hydroxyl groups is 1. The molecule has 1 unspecified atom stereocenters. The number of aliphatic hydroxyl groups excluding tert-OH is 1. The molecule has 1 N–H and O–H groups in total. The number of thiazole rings is 1. The molecule has 0 aliphatic heterocycles. The zero-order valence-electron chi connectivity index (χ0n) is 9.28. The highest BCUT2D eigenvalue weighted by Gasteiger charge is 2.38. The van der Waals surface area contributed by atoms with Gasteiger partial charge in [0.1, 0.15) is 0 Å². The third-order valence-corrected chi connectivity index (χ3v) is 4.66. The average Bonchev–Trinajstić information content (AvgIpc) is 2.87. The van der Waals surface area contributed by atoms with Gasteiger partial charge in [0.05, 0.1) is 11.1 Å². The van der Waals surface area contributed by atoms with Crippen molar-refractivity contribution in [3.8, 4) is 0 Å². The van der Waals surface area contributed by atoms with Gasteiger partial charge in [-0.05, 0) is 24.7 Å². The van der Waals surface area contributed by atoms with Gasteiger partial charge in [0.25, 0.3) is 0 Å². The van der Waals surface area contributed by atoms with Gasteiger partial charge in [0.2, 0.25) is 0 Å². The van der Waals surface area contributed by atoms with E-state index in [1.165, 1.54) is 25.7 Å². The minimum atomic E-state index is -0.198. The molecule has 0 aromatic carbocycles. The summed E-state index contributed by atoms with van der Waals surface area (Å²) in [4.78, 5) is 4.25. The highest BCUT2D eigenvalue weighted by Crippen LogP contribution is 2.44. The highest BCUT2D eigenvalue weighted by atomic mass is 32.1. The van der Waals surface area contributed by atoms with Crippen LogP contribution < -0.4 is 0 Å². The molecule has 1 aromatic rings. The summed E-state index contributed by atoms with van der Waals surface area (Å²) >= 11 is 1.65. The third-order valence-electron chi connectivity index (χ3n) is 3.86. The minimum absolute atomic E-state index is 0.186. The van der Waals surface area contributed by atoms with Crippen molar-refractivity contribution in [1.82, 2.24) is 4.98 Å². The van der Waals surface area contributed by atoms with Gasteiger partial charge in [-0.2, -0.15) is 0 Å². The fourth-order valence-corrected chi connectivity index (χ4v) is 3.39. The van der Waals surface area contributed by atoms with E-state index in [-0.39, 0.29) is 11.5 Å². The molecule has 1 saturated carbocycles. The maximum atomic E-state index is 10.3. The lowest BCUT2D eigenvalue weighted by atomic mass is 9.77. The van der Waals surface area contributed by atoms with Gasteiger partial charge in [-0.1, -0.05) is 19.8 Å². The fourth-order valence-electron chi connectivity index (χ4n) is 2.74. The first-order chi connectivity index (χ1) is 7.27. The Kier molecular flexibility index (Phi) is 3.42. The summed E-state index contributed by atoms with van der Waals surface area (Å²) in [5, 5.41) is 13.4. The van der Waals surface area contributed by atoms with Crippen molar-refractivity contribution in [2.75, 3.05) is 0 Å². The molecule has 84 valence electrons. The molecule has 2 nitrogen and oxygen atoms in total. The molecule has 0 amide bonds. The van der Waals surface area contributed by atoms with Gasteiger partial charge in [0, 0.05) is 18.0 Å². The van der Waals surface area contributed by atoms with Crippen molar-refractivity contribution in [2.45, 2.75) is 51.6 Å². The first-order valence-electron chi connectivity index (χ1n) is 5.83. The summed E-state index contributed by atoms with van der Waals surface area (Å²) in [5.74, 6) is 0. The van der Waals surface area contributed by atoms with E-state index >= 15 is 0 Å². The van der Waals surface area contributed by atoms with E-state index in [0.29, 0.717) is 0 Å². The first kappa shape index (κ1) is 11.1. The predicted molar refractivity (Wildman–Crippen MR) is 63.0 cm³/mol. The van der Waals surface area contributed by atoms with E-state index < -0.39 is 0 Å². The molecule has 1 atom stereocenters. The third kappa shape index (κ3) is 2.23. The van der Waals surface area contributed by atoms with Gasteiger partial charge in [-0.25, -0.2) is 4.98 Å². The SMILES string of the molecule is CCC1(C(O)Cc2nccs2)CCCC1. The van der Waals surface area contributed by atoms with Crippen LogP contribution in [0.5, 0.6) is 0 Å². The van der Waals surface area contributed by atoms with E-state index in [9.17, 15) is 5.11 Å². The van der Waals surface area contributed by atoms with Crippen molar-refractivity contribution in [2.24, 2.45) is 5.41 Å². The lowest BCUT2D eigenvalue weighted by molar-refractivity contribution is 0.0257. The van der Waals surface area contributed by atoms with Gasteiger partial charge < -0.3 is 5.11 Å². The summed E-state index contributed by atoms with van der Waals surface area (Å²) in [7, 11) is 0. The Labute approximate surface area is 95.4 Å². The molecule has 1 aliphatic rings. The van der Waals surface area contributed by atoms with Crippen LogP contribution >= 0.6 is 11.3 Å². The van der Waals surface area contributed by atoms with E-state index in [4.69, 9.17) is 0 Å². The Morgan fingerprint density at radius 2 is 2.27 bits per heavy atom. The van der Waals surface area contributed by atoms with Crippen LogP contribution in [0.15, 0.2) is 11.6 Å². The molecule has 3 heteroatoms. The van der Waals surface area contributed by atoms with Crippen LogP contribution in [-0.2, 0) is 6.42 Å². The van der Waals surface area contributed by atoms with Crippen molar-refractivity contribution in [1.29, 1.82) is 0 Å². The van der Waals surface area contributed by atoms with Gasteiger partial charge in [-0.3, -0.25) is 0 Å². The van der Waals surface area contributed by atoms with E-state index in [0.717, 1.165) is 17.8 Å². The molecular weight excluding hydrogens is 206 g/mol. The van der Waals surface area contributed by atoms with Crippen LogP contribution in [0.25, 0.3) is 0 Å². The number of hydrogen-bond donors (Lipinski definition) is 1. The topological polar surface area (TPSA) is 33.1 Å². The van der Waals surface area contributed by atoms with Crippen LogP contribution in [0.1, 0.15) is 44.0 Å². The highest BCUT2D eigenvalue weighted by molar-refractivity contribution is 7.09. The van der Waals surface area contributed by atoms with E-state index in [1.807, 2.05) is 11.6 Å². The summed E-state index contributed by atoms with van der Waals surface area (Å²) in [6.07, 6.45) is 8.40. The Morgan fingerprint density at radius 3 is 2.80 bits per heavy atom. The maximum absolute atomic E-state index is 10.3. The van der Waals surface area contributed by atoms with Crippen molar-refractivity contribution in [3.63, 3.8) is 0 Å². The minimum Gasteiger partial charge on any atom is -0.392 e. The molecule has 0 spiro atoms. The van der Waals surface area contributed by atoms with E-state index in [1.54, 1.807) is 11.3 Å². The average molecular weight is 225 g/mol. The lowest BCUT2D eigenvalue weighted by Gasteiger charge is -2.32. The second kappa shape index (κ2) is 4.62. The van der Waals surface area contributed by atoms with Crippen LogP contribution in [0.3, 0.4) is 0 Å². The number of nitrogens with zero attached hydrogens (tertiary/aromatic N) is 1. The summed E-state index contributed by atoms with van der Waals surface area (Å²) in [5.41, 5.74) is 0.186. The lowest BCUT2D eigenvalue weighted by Crippen LogP contribution is -2.33. The first-order valence-corrected chi connectivity index (χ1v) is 6.71. The Morgan fingerprint density at radius 1 is 1.53 bits per heavy atom. The number of hydrogen-bond acceptors (Lipinski definition) is 3. The van der Waals surface area contributed by atoms with Crippen molar-refractivity contribution < 1.29 is 5.11 Å². The van der Waals surface area contributed by atoms with Gasteiger partial charge in [0.15, 0.2) is 0 Å². The molecule has 1 aromatic heterocycles. The zero-order chi connectivity index (χ0) is 10.7. The molecular formula is C12H19NOS. The normalized spacial score (nSPS) is 21.7. The molecule has 2 rings (SSSR count).